The van der Waals surface area contributed by atoms with E-state index in [1.807, 2.05) is 12.1 Å². The summed E-state index contributed by atoms with van der Waals surface area (Å²) in [6, 6.07) is 8.27. The van der Waals surface area contributed by atoms with Crippen LogP contribution in [0.1, 0.15) is 18.4 Å². The molecule has 1 aromatic carbocycles. The minimum absolute atomic E-state index is 0.251. The number of fused-ring (bicyclic) bond motifs is 1. The van der Waals surface area contributed by atoms with E-state index in [2.05, 4.69) is 17.0 Å². The summed E-state index contributed by atoms with van der Waals surface area (Å²) in [5.74, 6) is 1.03. The lowest BCUT2D eigenvalue weighted by Crippen LogP contribution is -2.49. The fourth-order valence-electron chi connectivity index (χ4n) is 3.21. The van der Waals surface area contributed by atoms with E-state index in [4.69, 9.17) is 9.47 Å². The zero-order valence-corrected chi connectivity index (χ0v) is 12.0. The zero-order valence-electron chi connectivity index (χ0n) is 12.0. The van der Waals surface area contributed by atoms with Crippen molar-refractivity contribution in [3.63, 3.8) is 0 Å². The summed E-state index contributed by atoms with van der Waals surface area (Å²) in [7, 11) is 1.65. The normalized spacial score (nSPS) is 25.2. The van der Waals surface area contributed by atoms with Crippen molar-refractivity contribution >= 4 is 0 Å². The van der Waals surface area contributed by atoms with Gasteiger partial charge < -0.3 is 14.6 Å². The van der Waals surface area contributed by atoms with E-state index in [-0.39, 0.29) is 6.10 Å². The average Bonchev–Trinajstić information content (AvgIpc) is 2.84. The van der Waals surface area contributed by atoms with Crippen LogP contribution in [0.3, 0.4) is 0 Å². The Morgan fingerprint density at radius 3 is 2.80 bits per heavy atom. The van der Waals surface area contributed by atoms with Gasteiger partial charge >= 0.3 is 0 Å². The van der Waals surface area contributed by atoms with Crippen molar-refractivity contribution in [1.82, 2.24) is 4.90 Å². The van der Waals surface area contributed by atoms with Gasteiger partial charge in [-0.1, -0.05) is 18.2 Å². The number of nitrogens with zero attached hydrogens (tertiary/aromatic N) is 1. The molecule has 2 aliphatic rings. The van der Waals surface area contributed by atoms with E-state index in [0.29, 0.717) is 6.61 Å². The summed E-state index contributed by atoms with van der Waals surface area (Å²) >= 11 is 0. The molecular formula is C16H23NO3. The number of aliphatic hydroxyl groups is 1. The van der Waals surface area contributed by atoms with Crippen LogP contribution in [-0.4, -0.2) is 55.1 Å². The number of ether oxygens (including phenoxy) is 2. The molecule has 0 amide bonds. The maximum Gasteiger partial charge on any atom is 0.123 e. The van der Waals surface area contributed by atoms with Gasteiger partial charge in [-0.3, -0.25) is 4.90 Å². The summed E-state index contributed by atoms with van der Waals surface area (Å²) in [6.45, 7) is 3.20. The van der Waals surface area contributed by atoms with E-state index >= 15 is 0 Å². The fourth-order valence-corrected chi connectivity index (χ4v) is 3.21. The standard InChI is InChI=1S/C16H23NO3/c1-19-12-16(18)6-8-17(9-7-16)11-14-10-13-4-2-3-5-15(13)20-14/h2-5,14,18H,6-12H2,1H3. The molecule has 0 saturated carbocycles. The van der Waals surface area contributed by atoms with Gasteiger partial charge in [0.1, 0.15) is 11.9 Å². The van der Waals surface area contributed by atoms with Gasteiger partial charge in [-0.05, 0) is 24.5 Å². The van der Waals surface area contributed by atoms with Crippen molar-refractivity contribution in [3.8, 4) is 5.75 Å². The molecule has 1 unspecified atom stereocenters. The molecule has 2 heterocycles. The van der Waals surface area contributed by atoms with Gasteiger partial charge in [0.15, 0.2) is 0 Å². The lowest BCUT2D eigenvalue weighted by atomic mass is 9.92. The Balaban J connectivity index is 1.50. The average molecular weight is 277 g/mol. The van der Waals surface area contributed by atoms with Crippen LogP contribution in [0.5, 0.6) is 5.75 Å². The van der Waals surface area contributed by atoms with E-state index in [0.717, 1.165) is 44.6 Å². The van der Waals surface area contributed by atoms with Crippen LogP contribution in [0.2, 0.25) is 0 Å². The first kappa shape index (κ1) is 13.9. The predicted molar refractivity (Wildman–Crippen MR) is 77.1 cm³/mol. The smallest absolute Gasteiger partial charge is 0.123 e. The van der Waals surface area contributed by atoms with Crippen molar-refractivity contribution in [2.45, 2.75) is 31.0 Å². The van der Waals surface area contributed by atoms with E-state index in [9.17, 15) is 5.11 Å². The molecule has 1 atom stereocenters. The third-order valence-corrected chi connectivity index (χ3v) is 4.38. The summed E-state index contributed by atoms with van der Waals surface area (Å²) in [4.78, 5) is 2.39. The lowest BCUT2D eigenvalue weighted by molar-refractivity contribution is -0.0735. The highest BCUT2D eigenvalue weighted by Crippen LogP contribution is 2.29. The maximum atomic E-state index is 10.3. The van der Waals surface area contributed by atoms with Crippen LogP contribution >= 0.6 is 0 Å². The quantitative estimate of drug-likeness (QED) is 0.905. The second-order valence-corrected chi connectivity index (χ2v) is 6.01. The summed E-state index contributed by atoms with van der Waals surface area (Å²) in [5, 5.41) is 10.3. The van der Waals surface area contributed by atoms with Crippen LogP contribution in [0.4, 0.5) is 0 Å². The van der Waals surface area contributed by atoms with E-state index in [1.165, 1.54) is 5.56 Å². The van der Waals surface area contributed by atoms with Crippen molar-refractivity contribution in [1.29, 1.82) is 0 Å². The summed E-state index contributed by atoms with van der Waals surface area (Å²) in [5.41, 5.74) is 0.676. The second kappa shape index (κ2) is 5.72. The molecule has 20 heavy (non-hydrogen) atoms. The largest absolute Gasteiger partial charge is 0.488 e. The molecule has 0 bridgehead atoms. The van der Waals surface area contributed by atoms with Crippen molar-refractivity contribution in [2.75, 3.05) is 33.4 Å². The SMILES string of the molecule is COCC1(O)CCN(CC2Cc3ccccc3O2)CC1. The lowest BCUT2D eigenvalue weighted by Gasteiger charge is -2.38. The van der Waals surface area contributed by atoms with Crippen molar-refractivity contribution in [3.05, 3.63) is 29.8 Å². The number of methoxy groups -OCH3 is 1. The fraction of sp³-hybridized carbons (Fsp3) is 0.625. The Hall–Kier alpha value is -1.10. The third kappa shape index (κ3) is 2.97. The molecule has 4 heteroatoms. The Morgan fingerprint density at radius 1 is 1.35 bits per heavy atom. The Bertz CT molecular complexity index is 430. The minimum atomic E-state index is -0.634. The first-order valence-electron chi connectivity index (χ1n) is 7.37. The van der Waals surface area contributed by atoms with E-state index in [1.54, 1.807) is 7.11 Å². The molecule has 3 rings (SSSR count). The molecule has 0 aliphatic carbocycles. The predicted octanol–water partition coefficient (Wildman–Crippen LogP) is 1.46. The number of hydrogen-bond donors (Lipinski definition) is 1. The maximum absolute atomic E-state index is 10.3. The number of para-hydroxylation sites is 1. The Morgan fingerprint density at radius 2 is 2.10 bits per heavy atom. The third-order valence-electron chi connectivity index (χ3n) is 4.38. The first-order valence-corrected chi connectivity index (χ1v) is 7.37. The molecule has 110 valence electrons. The molecule has 2 aliphatic heterocycles. The van der Waals surface area contributed by atoms with Crippen molar-refractivity contribution < 1.29 is 14.6 Å². The van der Waals surface area contributed by atoms with Gasteiger partial charge in [0.25, 0.3) is 0 Å². The highest BCUT2D eigenvalue weighted by molar-refractivity contribution is 5.37. The van der Waals surface area contributed by atoms with Crippen LogP contribution in [0, 0.1) is 0 Å². The number of likely N-dealkylation sites (tertiary alicyclic amines) is 1. The molecule has 1 N–H and O–H groups in total. The highest BCUT2D eigenvalue weighted by atomic mass is 16.5. The summed E-state index contributed by atoms with van der Waals surface area (Å²) in [6.07, 6.45) is 2.80. The number of benzene rings is 1. The number of hydrogen-bond acceptors (Lipinski definition) is 4. The molecule has 1 saturated heterocycles. The Kier molecular flexibility index (Phi) is 3.96. The van der Waals surface area contributed by atoms with E-state index < -0.39 is 5.60 Å². The van der Waals surface area contributed by atoms with Gasteiger partial charge in [-0.2, -0.15) is 0 Å². The number of rotatable bonds is 4. The second-order valence-electron chi connectivity index (χ2n) is 6.01. The van der Waals surface area contributed by atoms with Crippen LogP contribution in [0.25, 0.3) is 0 Å². The van der Waals surface area contributed by atoms with Gasteiger partial charge in [0, 0.05) is 33.2 Å². The van der Waals surface area contributed by atoms with Gasteiger partial charge in [0.2, 0.25) is 0 Å². The highest BCUT2D eigenvalue weighted by Gasteiger charge is 2.34. The first-order chi connectivity index (χ1) is 9.68. The zero-order chi connectivity index (χ0) is 14.0. The van der Waals surface area contributed by atoms with Gasteiger partial charge in [-0.25, -0.2) is 0 Å². The monoisotopic (exact) mass is 277 g/mol. The van der Waals surface area contributed by atoms with Crippen LogP contribution in [-0.2, 0) is 11.2 Å². The summed E-state index contributed by atoms with van der Waals surface area (Å²) < 4.78 is 11.1. The van der Waals surface area contributed by atoms with Gasteiger partial charge in [0.05, 0.1) is 12.2 Å². The molecular weight excluding hydrogens is 254 g/mol. The molecule has 0 aromatic heterocycles. The molecule has 4 nitrogen and oxygen atoms in total. The van der Waals surface area contributed by atoms with Crippen LogP contribution < -0.4 is 4.74 Å². The molecule has 1 fully saturated rings. The minimum Gasteiger partial charge on any atom is -0.488 e. The number of piperidine rings is 1. The topological polar surface area (TPSA) is 41.9 Å². The van der Waals surface area contributed by atoms with Crippen molar-refractivity contribution in [2.24, 2.45) is 0 Å². The molecule has 0 spiro atoms. The Labute approximate surface area is 120 Å². The molecule has 1 aromatic rings. The molecule has 0 radical (unpaired) electrons. The van der Waals surface area contributed by atoms with Gasteiger partial charge in [-0.15, -0.1) is 0 Å². The van der Waals surface area contributed by atoms with Crippen LogP contribution in [0.15, 0.2) is 24.3 Å².